The van der Waals surface area contributed by atoms with Crippen LogP contribution < -0.4 is 0 Å². The Balaban J connectivity index is 2.79. The van der Waals surface area contributed by atoms with E-state index < -0.39 is 5.95 Å². The number of rotatable bonds is 0. The first-order chi connectivity index (χ1) is 5.75. The molecule has 60 valence electrons. The number of halogens is 2. The fraction of sp³-hybridized carbons (Fsp3) is 0. The van der Waals surface area contributed by atoms with E-state index in [1.54, 1.807) is 6.20 Å². The summed E-state index contributed by atoms with van der Waals surface area (Å²) in [5.74, 6) is -0.427. The van der Waals surface area contributed by atoms with Crippen LogP contribution in [0.5, 0.6) is 0 Å². The lowest BCUT2D eigenvalue weighted by atomic mass is 10.2. The zero-order valence-electron chi connectivity index (χ0n) is 6.09. The van der Waals surface area contributed by atoms with Gasteiger partial charge in [-0.15, -0.1) is 0 Å². The fourth-order valence-corrected chi connectivity index (χ4v) is 1.60. The molecule has 2 rings (SSSR count). The molecule has 0 aliphatic heterocycles. The molecule has 0 aliphatic rings. The van der Waals surface area contributed by atoms with Gasteiger partial charge in [0.25, 0.3) is 0 Å². The Bertz CT molecular complexity index is 387. The van der Waals surface area contributed by atoms with Gasteiger partial charge in [0.2, 0.25) is 5.95 Å². The zero-order chi connectivity index (χ0) is 8.55. The van der Waals surface area contributed by atoms with Gasteiger partial charge < -0.3 is 0 Å². The molecule has 0 atom stereocenters. The SMILES string of the molecule is Fc1cc2ccc(I)cc2cn1. The van der Waals surface area contributed by atoms with E-state index in [9.17, 15) is 4.39 Å². The maximum Gasteiger partial charge on any atom is 0.213 e. The first-order valence-corrected chi connectivity index (χ1v) is 4.54. The van der Waals surface area contributed by atoms with E-state index in [2.05, 4.69) is 27.6 Å². The number of hydrogen-bond acceptors (Lipinski definition) is 1. The second kappa shape index (κ2) is 2.97. The lowest BCUT2D eigenvalue weighted by Gasteiger charge is -1.96. The molecule has 0 radical (unpaired) electrons. The molecule has 0 aliphatic carbocycles. The molecule has 1 heterocycles. The molecule has 3 heteroatoms. The third-order valence-electron chi connectivity index (χ3n) is 1.65. The molecule has 12 heavy (non-hydrogen) atoms. The normalized spacial score (nSPS) is 10.5. The molecule has 0 bridgehead atoms. The molecule has 1 aromatic carbocycles. The summed E-state index contributed by atoms with van der Waals surface area (Å²) in [6.45, 7) is 0. The highest BCUT2D eigenvalue weighted by Gasteiger charge is 1.96. The highest BCUT2D eigenvalue weighted by Crippen LogP contribution is 2.16. The van der Waals surface area contributed by atoms with Crippen LogP contribution in [0.4, 0.5) is 4.39 Å². The maximum absolute atomic E-state index is 12.6. The highest BCUT2D eigenvalue weighted by atomic mass is 127. The Morgan fingerprint density at radius 1 is 1.17 bits per heavy atom. The number of pyridine rings is 1. The molecule has 0 N–H and O–H groups in total. The van der Waals surface area contributed by atoms with Gasteiger partial charge in [-0.3, -0.25) is 0 Å². The lowest BCUT2D eigenvalue weighted by Crippen LogP contribution is -1.82. The van der Waals surface area contributed by atoms with Gasteiger partial charge in [-0.25, -0.2) is 4.98 Å². The largest absolute Gasteiger partial charge is 0.228 e. The van der Waals surface area contributed by atoms with E-state index >= 15 is 0 Å². The second-order valence-electron chi connectivity index (χ2n) is 2.50. The summed E-state index contributed by atoms with van der Waals surface area (Å²) in [5.41, 5.74) is 0. The van der Waals surface area contributed by atoms with Crippen molar-refractivity contribution in [2.45, 2.75) is 0 Å². The molecule has 2 aromatic rings. The predicted molar refractivity (Wildman–Crippen MR) is 54.4 cm³/mol. The Hall–Kier alpha value is -0.710. The summed E-state index contributed by atoms with van der Waals surface area (Å²) in [6.07, 6.45) is 1.55. The molecule has 0 unspecified atom stereocenters. The van der Waals surface area contributed by atoms with E-state index in [4.69, 9.17) is 0 Å². The Labute approximate surface area is 82.8 Å². The minimum absolute atomic E-state index is 0.427. The summed E-state index contributed by atoms with van der Waals surface area (Å²) < 4.78 is 13.8. The molecule has 0 saturated heterocycles. The predicted octanol–water partition coefficient (Wildman–Crippen LogP) is 2.98. The van der Waals surface area contributed by atoms with E-state index in [1.165, 1.54) is 6.07 Å². The van der Waals surface area contributed by atoms with Gasteiger partial charge in [-0.1, -0.05) is 6.07 Å². The van der Waals surface area contributed by atoms with Crippen LogP contribution >= 0.6 is 22.6 Å². The maximum atomic E-state index is 12.6. The van der Waals surface area contributed by atoms with Crippen LogP contribution in [-0.4, -0.2) is 4.98 Å². The van der Waals surface area contributed by atoms with Crippen molar-refractivity contribution in [1.82, 2.24) is 4.98 Å². The van der Waals surface area contributed by atoms with E-state index in [0.29, 0.717) is 0 Å². The van der Waals surface area contributed by atoms with E-state index in [0.717, 1.165) is 14.3 Å². The van der Waals surface area contributed by atoms with Crippen LogP contribution in [0.25, 0.3) is 10.8 Å². The van der Waals surface area contributed by atoms with Gasteiger partial charge in [-0.2, -0.15) is 4.39 Å². The third kappa shape index (κ3) is 1.41. The summed E-state index contributed by atoms with van der Waals surface area (Å²) in [5, 5.41) is 1.87. The fourth-order valence-electron chi connectivity index (χ4n) is 1.09. The quantitative estimate of drug-likeness (QED) is 0.531. The summed E-state index contributed by atoms with van der Waals surface area (Å²) >= 11 is 2.22. The van der Waals surface area contributed by atoms with Gasteiger partial charge in [-0.05, 0) is 40.1 Å². The average molecular weight is 273 g/mol. The molecule has 1 nitrogen and oxygen atoms in total. The van der Waals surface area contributed by atoms with Gasteiger partial charge in [0.1, 0.15) is 0 Å². The first-order valence-electron chi connectivity index (χ1n) is 3.46. The molecule has 0 spiro atoms. The van der Waals surface area contributed by atoms with Crippen molar-refractivity contribution in [1.29, 1.82) is 0 Å². The molecule has 0 amide bonds. The molecule has 1 aromatic heterocycles. The standard InChI is InChI=1S/C9H5FIN/c10-9-4-6-1-2-8(11)3-7(6)5-12-9/h1-5H. The molecule has 0 fully saturated rings. The van der Waals surface area contributed by atoms with Crippen LogP contribution in [-0.2, 0) is 0 Å². The first kappa shape index (κ1) is 7.91. The van der Waals surface area contributed by atoms with E-state index in [-0.39, 0.29) is 0 Å². The van der Waals surface area contributed by atoms with Crippen molar-refractivity contribution in [3.8, 4) is 0 Å². The molecular formula is C9H5FIN. The lowest BCUT2D eigenvalue weighted by molar-refractivity contribution is 0.586. The molecular weight excluding hydrogens is 268 g/mol. The van der Waals surface area contributed by atoms with Crippen LogP contribution in [0.3, 0.4) is 0 Å². The molecule has 0 saturated carbocycles. The smallest absolute Gasteiger partial charge is 0.213 e. The van der Waals surface area contributed by atoms with Crippen molar-refractivity contribution in [3.63, 3.8) is 0 Å². The van der Waals surface area contributed by atoms with Crippen molar-refractivity contribution in [2.24, 2.45) is 0 Å². The van der Waals surface area contributed by atoms with Gasteiger partial charge in [0.05, 0.1) is 0 Å². The van der Waals surface area contributed by atoms with Crippen molar-refractivity contribution in [3.05, 3.63) is 40.0 Å². The summed E-state index contributed by atoms with van der Waals surface area (Å²) in [6, 6.07) is 7.25. The monoisotopic (exact) mass is 273 g/mol. The van der Waals surface area contributed by atoms with Gasteiger partial charge in [0.15, 0.2) is 0 Å². The summed E-state index contributed by atoms with van der Waals surface area (Å²) in [4.78, 5) is 3.58. The number of fused-ring (bicyclic) bond motifs is 1. The summed E-state index contributed by atoms with van der Waals surface area (Å²) in [7, 11) is 0. The van der Waals surface area contributed by atoms with E-state index in [1.807, 2.05) is 18.2 Å². The Kier molecular flexibility index (Phi) is 1.96. The Morgan fingerprint density at radius 3 is 2.83 bits per heavy atom. The van der Waals surface area contributed by atoms with Gasteiger partial charge in [0, 0.05) is 21.2 Å². The number of aromatic nitrogens is 1. The second-order valence-corrected chi connectivity index (χ2v) is 3.74. The highest BCUT2D eigenvalue weighted by molar-refractivity contribution is 14.1. The minimum Gasteiger partial charge on any atom is -0.228 e. The topological polar surface area (TPSA) is 12.9 Å². The van der Waals surface area contributed by atoms with Crippen molar-refractivity contribution < 1.29 is 4.39 Å². The van der Waals surface area contributed by atoms with Gasteiger partial charge >= 0.3 is 0 Å². The average Bonchev–Trinajstić information content (AvgIpc) is 2.05. The minimum atomic E-state index is -0.427. The van der Waals surface area contributed by atoms with Crippen molar-refractivity contribution in [2.75, 3.05) is 0 Å². The Morgan fingerprint density at radius 2 is 2.00 bits per heavy atom. The third-order valence-corrected chi connectivity index (χ3v) is 2.32. The van der Waals surface area contributed by atoms with Crippen LogP contribution in [0, 0.1) is 9.52 Å². The van der Waals surface area contributed by atoms with Crippen LogP contribution in [0.2, 0.25) is 0 Å². The number of hydrogen-bond donors (Lipinski definition) is 0. The number of benzene rings is 1. The zero-order valence-corrected chi connectivity index (χ0v) is 8.25. The van der Waals surface area contributed by atoms with Crippen molar-refractivity contribution >= 4 is 33.4 Å². The van der Waals surface area contributed by atoms with Crippen LogP contribution in [0.15, 0.2) is 30.5 Å². The number of nitrogens with zero attached hydrogens (tertiary/aromatic N) is 1. The van der Waals surface area contributed by atoms with Crippen LogP contribution in [0.1, 0.15) is 0 Å².